The maximum Gasteiger partial charge on any atom is 0.416 e. The lowest BCUT2D eigenvalue weighted by Crippen LogP contribution is -2.14. The Kier molecular flexibility index (Phi) is 6.13. The summed E-state index contributed by atoms with van der Waals surface area (Å²) < 4.78 is 39.5. The zero-order valence-electron chi connectivity index (χ0n) is 16.9. The predicted molar refractivity (Wildman–Crippen MR) is 116 cm³/mol. The average Bonchev–Trinajstić information content (AvgIpc) is 3.20. The molecular formula is C22H18F3N5OS. The Balaban J connectivity index is 1.44. The van der Waals surface area contributed by atoms with E-state index in [0.29, 0.717) is 10.8 Å². The number of hydrogen-bond donors (Lipinski definition) is 1. The molecule has 0 saturated carbocycles. The number of hydrogen-bond acceptors (Lipinski definition) is 5. The normalized spacial score (nSPS) is 11.6. The average molecular weight is 457 g/mol. The van der Waals surface area contributed by atoms with Gasteiger partial charge in [-0.05, 0) is 48.4 Å². The van der Waals surface area contributed by atoms with Gasteiger partial charge in [-0.2, -0.15) is 22.8 Å². The first-order chi connectivity index (χ1) is 15.3. The van der Waals surface area contributed by atoms with Gasteiger partial charge < -0.3 is 5.32 Å². The number of anilines is 1. The number of rotatable bonds is 6. The third kappa shape index (κ3) is 4.91. The van der Waals surface area contributed by atoms with E-state index in [-0.39, 0.29) is 17.3 Å². The first-order valence-electron chi connectivity index (χ1n) is 9.75. The summed E-state index contributed by atoms with van der Waals surface area (Å²) in [7, 11) is 0. The van der Waals surface area contributed by atoms with Crippen molar-refractivity contribution in [3.63, 3.8) is 0 Å². The van der Waals surface area contributed by atoms with Gasteiger partial charge in [0, 0.05) is 11.3 Å². The Bertz CT molecular complexity index is 1240. The van der Waals surface area contributed by atoms with E-state index < -0.39 is 11.7 Å². The van der Waals surface area contributed by atoms with Crippen molar-refractivity contribution in [1.29, 1.82) is 0 Å². The van der Waals surface area contributed by atoms with Crippen LogP contribution >= 0.6 is 11.8 Å². The van der Waals surface area contributed by atoms with Crippen LogP contribution in [0, 0.1) is 0 Å². The minimum atomic E-state index is -4.42. The molecule has 0 aliphatic heterocycles. The second-order valence-electron chi connectivity index (χ2n) is 6.93. The summed E-state index contributed by atoms with van der Waals surface area (Å²) in [4.78, 5) is 12.2. The van der Waals surface area contributed by atoms with Crippen LogP contribution in [-0.4, -0.2) is 31.5 Å². The highest BCUT2D eigenvalue weighted by Gasteiger charge is 2.30. The van der Waals surface area contributed by atoms with Crippen LogP contribution in [0.25, 0.3) is 16.9 Å². The van der Waals surface area contributed by atoms with Crippen LogP contribution in [0.5, 0.6) is 0 Å². The predicted octanol–water partition coefficient (Wildman–Crippen LogP) is 5.10. The highest BCUT2D eigenvalue weighted by molar-refractivity contribution is 7.99. The Morgan fingerprint density at radius 2 is 1.72 bits per heavy atom. The fraction of sp³-hybridized carbons (Fsp3) is 0.182. The van der Waals surface area contributed by atoms with Crippen LogP contribution in [0.4, 0.5) is 18.9 Å². The molecule has 1 N–H and O–H groups in total. The first kappa shape index (κ1) is 21.8. The molecule has 2 aromatic carbocycles. The number of aromatic nitrogens is 4. The van der Waals surface area contributed by atoms with Gasteiger partial charge in [-0.3, -0.25) is 4.79 Å². The SMILES string of the molecule is CCc1ccc(-c2ccc3nnc(SCC(=O)Nc4ccc(C(F)(F)F)cc4)n3n2)cc1. The van der Waals surface area contributed by atoms with Gasteiger partial charge in [0.25, 0.3) is 0 Å². The third-order valence-corrected chi connectivity index (χ3v) is 5.64. The summed E-state index contributed by atoms with van der Waals surface area (Å²) in [5.41, 5.74) is 2.99. The van der Waals surface area contributed by atoms with Crippen LogP contribution < -0.4 is 5.32 Å². The van der Waals surface area contributed by atoms with Gasteiger partial charge in [0.05, 0.1) is 17.0 Å². The molecule has 2 heterocycles. The lowest BCUT2D eigenvalue weighted by molar-refractivity contribution is -0.137. The molecule has 0 bridgehead atoms. The molecule has 0 spiro atoms. The van der Waals surface area contributed by atoms with Gasteiger partial charge >= 0.3 is 6.18 Å². The number of nitrogens with one attached hydrogen (secondary N) is 1. The largest absolute Gasteiger partial charge is 0.416 e. The number of benzene rings is 2. The summed E-state index contributed by atoms with van der Waals surface area (Å²) >= 11 is 1.14. The minimum Gasteiger partial charge on any atom is -0.325 e. The van der Waals surface area contributed by atoms with Crippen molar-refractivity contribution >= 4 is 29.0 Å². The van der Waals surface area contributed by atoms with E-state index in [1.807, 2.05) is 18.2 Å². The van der Waals surface area contributed by atoms with Crippen molar-refractivity contribution in [1.82, 2.24) is 19.8 Å². The molecule has 4 rings (SSSR count). The first-order valence-corrected chi connectivity index (χ1v) is 10.7. The molecule has 1 amide bonds. The summed E-state index contributed by atoms with van der Waals surface area (Å²) in [6, 6.07) is 16.0. The second kappa shape index (κ2) is 8.99. The second-order valence-corrected chi connectivity index (χ2v) is 7.88. The van der Waals surface area contributed by atoms with Crippen molar-refractivity contribution in [2.75, 3.05) is 11.1 Å². The van der Waals surface area contributed by atoms with Crippen LogP contribution in [0.1, 0.15) is 18.1 Å². The molecule has 0 saturated heterocycles. The molecule has 0 fully saturated rings. The highest BCUT2D eigenvalue weighted by Crippen LogP contribution is 2.30. The molecule has 0 atom stereocenters. The molecule has 10 heteroatoms. The molecule has 32 heavy (non-hydrogen) atoms. The number of halogens is 3. The van der Waals surface area contributed by atoms with Crippen LogP contribution in [0.3, 0.4) is 0 Å². The van der Waals surface area contributed by atoms with Gasteiger partial charge in [0.2, 0.25) is 11.1 Å². The molecule has 0 radical (unpaired) electrons. The summed E-state index contributed by atoms with van der Waals surface area (Å²) in [5.74, 6) is -0.378. The minimum absolute atomic E-state index is 0.00107. The number of nitrogens with zero attached hydrogens (tertiary/aromatic N) is 4. The van der Waals surface area contributed by atoms with E-state index in [0.717, 1.165) is 41.6 Å². The number of amides is 1. The van der Waals surface area contributed by atoms with Crippen molar-refractivity contribution in [3.8, 4) is 11.3 Å². The Labute approximate surface area is 185 Å². The van der Waals surface area contributed by atoms with Gasteiger partial charge in [-0.25, -0.2) is 0 Å². The van der Waals surface area contributed by atoms with E-state index in [4.69, 9.17) is 0 Å². The maximum absolute atomic E-state index is 12.6. The molecule has 0 aliphatic carbocycles. The third-order valence-electron chi connectivity index (χ3n) is 4.72. The van der Waals surface area contributed by atoms with Crippen molar-refractivity contribution in [3.05, 3.63) is 71.8 Å². The standard InChI is InChI=1S/C22H18F3N5OS/c1-2-14-3-5-15(6-4-14)18-11-12-19-27-28-21(30(19)29-18)32-13-20(31)26-17-9-7-16(8-10-17)22(23,24)25/h3-12H,2,13H2,1H3,(H,26,31). The van der Waals surface area contributed by atoms with E-state index in [1.54, 1.807) is 10.6 Å². The Morgan fingerprint density at radius 3 is 2.38 bits per heavy atom. The monoisotopic (exact) mass is 457 g/mol. The quantitative estimate of drug-likeness (QED) is 0.408. The highest BCUT2D eigenvalue weighted by atomic mass is 32.2. The van der Waals surface area contributed by atoms with E-state index in [2.05, 4.69) is 39.7 Å². The van der Waals surface area contributed by atoms with Gasteiger partial charge in [-0.1, -0.05) is 43.0 Å². The summed E-state index contributed by atoms with van der Waals surface area (Å²) in [6.45, 7) is 2.09. The summed E-state index contributed by atoms with van der Waals surface area (Å²) in [5, 5.41) is 15.8. The number of carbonyl (C=O) groups excluding carboxylic acids is 1. The summed E-state index contributed by atoms with van der Waals surface area (Å²) in [6.07, 6.45) is -3.47. The Morgan fingerprint density at radius 1 is 1.00 bits per heavy atom. The fourth-order valence-electron chi connectivity index (χ4n) is 2.99. The number of alkyl halides is 3. The molecule has 0 unspecified atom stereocenters. The molecule has 2 aromatic heterocycles. The Hall–Kier alpha value is -3.40. The van der Waals surface area contributed by atoms with Crippen molar-refractivity contribution in [2.24, 2.45) is 0 Å². The van der Waals surface area contributed by atoms with Crippen molar-refractivity contribution in [2.45, 2.75) is 24.7 Å². The molecule has 0 aliphatic rings. The van der Waals surface area contributed by atoms with Gasteiger partial charge in [0.15, 0.2) is 5.65 Å². The number of thioether (sulfide) groups is 1. The van der Waals surface area contributed by atoms with Crippen LogP contribution in [0.2, 0.25) is 0 Å². The maximum atomic E-state index is 12.6. The van der Waals surface area contributed by atoms with Crippen LogP contribution in [-0.2, 0) is 17.4 Å². The van der Waals surface area contributed by atoms with Crippen molar-refractivity contribution < 1.29 is 18.0 Å². The smallest absolute Gasteiger partial charge is 0.325 e. The topological polar surface area (TPSA) is 72.2 Å². The fourth-order valence-corrected chi connectivity index (χ4v) is 3.68. The zero-order chi connectivity index (χ0) is 22.7. The van der Waals surface area contributed by atoms with Gasteiger partial charge in [-0.15, -0.1) is 10.2 Å². The lowest BCUT2D eigenvalue weighted by Gasteiger charge is -2.08. The number of carbonyl (C=O) groups is 1. The molecular weight excluding hydrogens is 439 g/mol. The number of fused-ring (bicyclic) bond motifs is 1. The van der Waals surface area contributed by atoms with E-state index >= 15 is 0 Å². The molecule has 164 valence electrons. The molecule has 4 aromatic rings. The zero-order valence-corrected chi connectivity index (χ0v) is 17.7. The van der Waals surface area contributed by atoms with Crippen LogP contribution in [0.15, 0.2) is 65.8 Å². The number of aryl methyl sites for hydroxylation is 1. The lowest BCUT2D eigenvalue weighted by atomic mass is 10.1. The molecule has 6 nitrogen and oxygen atoms in total. The van der Waals surface area contributed by atoms with E-state index in [1.165, 1.54) is 17.7 Å². The van der Waals surface area contributed by atoms with E-state index in [9.17, 15) is 18.0 Å². The van der Waals surface area contributed by atoms with Gasteiger partial charge in [0.1, 0.15) is 0 Å².